The molecule has 3 atom stereocenters. The Morgan fingerprint density at radius 3 is 1.73 bits per heavy atom. The first-order valence-corrected chi connectivity index (χ1v) is 16.1. The van der Waals surface area contributed by atoms with E-state index in [1.807, 2.05) is 27.7 Å². The van der Waals surface area contributed by atoms with Crippen LogP contribution in [0, 0.1) is 11.8 Å². The molecule has 3 nitrogen and oxygen atoms in total. The fourth-order valence-corrected chi connectivity index (χ4v) is 3.88. The van der Waals surface area contributed by atoms with Crippen LogP contribution in [0.5, 0.6) is 0 Å². The quantitative estimate of drug-likeness (QED) is 0.169. The fraction of sp³-hybridized carbons (Fsp3) is 0.632. The van der Waals surface area contributed by atoms with Crippen LogP contribution in [0.1, 0.15) is 128 Å². The lowest BCUT2D eigenvalue weighted by molar-refractivity contribution is 0.270. The van der Waals surface area contributed by atoms with Crippen molar-refractivity contribution in [3.05, 3.63) is 88.6 Å². The Kier molecular flexibility index (Phi) is 36.0. The topological polar surface area (TPSA) is 27.3 Å². The van der Waals surface area contributed by atoms with Crippen LogP contribution in [-0.4, -0.2) is 22.5 Å². The molecular formula is C38H75N3. The van der Waals surface area contributed by atoms with Crippen LogP contribution in [0.2, 0.25) is 0 Å². The van der Waals surface area contributed by atoms with Crippen molar-refractivity contribution in [2.45, 2.75) is 139 Å². The van der Waals surface area contributed by atoms with Crippen molar-refractivity contribution in [2.75, 3.05) is 6.54 Å². The molecule has 1 saturated carbocycles. The number of rotatable bonds is 17. The number of unbranched alkanes of at least 4 members (excludes halogenated alkanes) is 2. The smallest absolute Gasteiger partial charge is 0.0988 e. The monoisotopic (exact) mass is 574 g/mol. The van der Waals surface area contributed by atoms with E-state index in [9.17, 15) is 0 Å². The Balaban J connectivity index is -0.000000387. The fourth-order valence-electron chi connectivity index (χ4n) is 3.88. The first-order valence-electron chi connectivity index (χ1n) is 16.1. The molecule has 3 unspecified atom stereocenters. The van der Waals surface area contributed by atoms with Crippen molar-refractivity contribution in [2.24, 2.45) is 11.8 Å². The normalized spacial score (nSPS) is 14.7. The maximum atomic E-state index is 4.49. The number of nitrogens with one attached hydrogen (secondary N) is 2. The molecule has 3 heteroatoms. The number of allylic oxidation sites excluding steroid dienone is 2. The summed E-state index contributed by atoms with van der Waals surface area (Å²) in [6.45, 7) is 56.2. The molecule has 0 radical (unpaired) electrons. The minimum atomic E-state index is -0.342. The number of nitrogens with zero attached hydrogens (tertiary/aromatic N) is 1. The van der Waals surface area contributed by atoms with E-state index >= 15 is 0 Å². The minimum Gasteiger partial charge on any atom is -0.382 e. The molecule has 0 aromatic rings. The predicted molar refractivity (Wildman–Crippen MR) is 195 cm³/mol. The van der Waals surface area contributed by atoms with Gasteiger partial charge in [-0.1, -0.05) is 113 Å². The second kappa shape index (κ2) is 30.5. The van der Waals surface area contributed by atoms with Gasteiger partial charge in [0.05, 0.1) is 11.4 Å². The molecule has 0 bridgehead atoms. The third-order valence-corrected chi connectivity index (χ3v) is 7.02. The van der Waals surface area contributed by atoms with Crippen molar-refractivity contribution in [3.8, 4) is 0 Å². The molecule has 0 aromatic heterocycles. The zero-order valence-electron chi connectivity index (χ0n) is 30.0. The van der Waals surface area contributed by atoms with Gasteiger partial charge in [-0.05, 0) is 51.9 Å². The summed E-state index contributed by atoms with van der Waals surface area (Å²) in [7, 11) is 0. The van der Waals surface area contributed by atoms with Crippen molar-refractivity contribution in [3.63, 3.8) is 0 Å². The van der Waals surface area contributed by atoms with Crippen LogP contribution in [0.3, 0.4) is 0 Å². The van der Waals surface area contributed by atoms with Gasteiger partial charge in [0, 0.05) is 29.4 Å². The second-order valence-corrected chi connectivity index (χ2v) is 10.1. The van der Waals surface area contributed by atoms with Gasteiger partial charge in [0.1, 0.15) is 0 Å². The summed E-state index contributed by atoms with van der Waals surface area (Å²) in [6, 6.07) is 0. The Bertz CT molecular complexity index is 668. The molecule has 1 aliphatic carbocycles. The minimum absolute atomic E-state index is 0.190. The van der Waals surface area contributed by atoms with Crippen LogP contribution in [0.25, 0.3) is 0 Å². The largest absolute Gasteiger partial charge is 0.382 e. The average molecular weight is 574 g/mol. The summed E-state index contributed by atoms with van der Waals surface area (Å²) in [4.78, 5) is 2.32. The molecule has 0 spiro atoms. The lowest BCUT2D eigenvalue weighted by Gasteiger charge is -2.43. The molecule has 1 rings (SSSR count). The molecule has 0 amide bonds. The third kappa shape index (κ3) is 20.2. The van der Waals surface area contributed by atoms with Crippen LogP contribution >= 0.6 is 0 Å². The summed E-state index contributed by atoms with van der Waals surface area (Å²) in [6.07, 6.45) is 13.9. The van der Waals surface area contributed by atoms with Gasteiger partial charge in [0.2, 0.25) is 0 Å². The molecule has 41 heavy (non-hydrogen) atoms. The predicted octanol–water partition coefficient (Wildman–Crippen LogP) is 12.0. The Morgan fingerprint density at radius 2 is 1.34 bits per heavy atom. The van der Waals surface area contributed by atoms with Gasteiger partial charge in [-0.25, -0.2) is 0 Å². The van der Waals surface area contributed by atoms with E-state index in [-0.39, 0.29) is 17.0 Å². The average Bonchev–Trinajstić information content (AvgIpc) is 3.75. The highest BCUT2D eigenvalue weighted by atomic mass is 15.3. The van der Waals surface area contributed by atoms with Gasteiger partial charge in [-0.3, -0.25) is 0 Å². The maximum Gasteiger partial charge on any atom is 0.0988 e. The van der Waals surface area contributed by atoms with Crippen molar-refractivity contribution in [1.29, 1.82) is 0 Å². The van der Waals surface area contributed by atoms with E-state index in [2.05, 4.69) is 135 Å². The highest BCUT2D eigenvalue weighted by molar-refractivity contribution is 5.26. The van der Waals surface area contributed by atoms with Gasteiger partial charge < -0.3 is 15.5 Å². The summed E-state index contributed by atoms with van der Waals surface area (Å²) in [5, 5.41) is 7.53. The third-order valence-electron chi connectivity index (χ3n) is 7.02. The first kappa shape index (κ1) is 48.3. The van der Waals surface area contributed by atoms with Gasteiger partial charge in [-0.2, -0.15) is 0 Å². The molecule has 0 aromatic carbocycles. The Hall–Kier alpha value is -2.42. The second-order valence-electron chi connectivity index (χ2n) is 10.1. The van der Waals surface area contributed by atoms with Crippen LogP contribution in [0.15, 0.2) is 88.6 Å². The first-order chi connectivity index (χ1) is 19.5. The van der Waals surface area contributed by atoms with Gasteiger partial charge >= 0.3 is 0 Å². The zero-order valence-corrected chi connectivity index (χ0v) is 30.0. The van der Waals surface area contributed by atoms with Crippen LogP contribution in [0.4, 0.5) is 0 Å². The summed E-state index contributed by atoms with van der Waals surface area (Å²) >= 11 is 0. The highest BCUT2D eigenvalue weighted by Crippen LogP contribution is 2.38. The zero-order chi connectivity index (χ0) is 33.7. The van der Waals surface area contributed by atoms with Gasteiger partial charge in [0.15, 0.2) is 0 Å². The molecule has 0 aliphatic heterocycles. The van der Waals surface area contributed by atoms with Crippen molar-refractivity contribution < 1.29 is 0 Å². The van der Waals surface area contributed by atoms with E-state index in [1.54, 1.807) is 0 Å². The Labute approximate surface area is 260 Å². The van der Waals surface area contributed by atoms with E-state index in [1.165, 1.54) is 37.8 Å². The molecule has 0 heterocycles. The van der Waals surface area contributed by atoms with E-state index < -0.39 is 0 Å². The summed E-state index contributed by atoms with van der Waals surface area (Å²) in [5.74, 6) is 1.65. The van der Waals surface area contributed by atoms with Crippen molar-refractivity contribution >= 4 is 0 Å². The molecular weight excluding hydrogens is 498 g/mol. The molecule has 242 valence electrons. The van der Waals surface area contributed by atoms with E-state index in [4.69, 9.17) is 0 Å². The summed E-state index contributed by atoms with van der Waals surface area (Å²) < 4.78 is 0. The SMILES string of the molecule is C=C.C=C.C=C.C=C(NC(C)(C(=C)NC1(C)CC1)C(C)/C=C\CC)N(CCCC)C(=C)C(C)CCCC.CC.CC. The molecule has 0 saturated heterocycles. The van der Waals surface area contributed by atoms with Crippen molar-refractivity contribution in [1.82, 2.24) is 15.5 Å². The molecule has 1 fully saturated rings. The molecule has 1 aliphatic rings. The Morgan fingerprint density at radius 1 is 0.878 bits per heavy atom. The molecule has 2 N–H and O–H groups in total. The van der Waals surface area contributed by atoms with Crippen LogP contribution in [-0.2, 0) is 0 Å². The maximum absolute atomic E-state index is 4.49. The number of hydrogen-bond donors (Lipinski definition) is 2. The van der Waals surface area contributed by atoms with Crippen LogP contribution < -0.4 is 10.6 Å². The van der Waals surface area contributed by atoms with Gasteiger partial charge in [-0.15, -0.1) is 39.5 Å². The lowest BCUT2D eigenvalue weighted by Crippen LogP contribution is -2.55. The van der Waals surface area contributed by atoms with E-state index in [0.717, 1.165) is 37.3 Å². The lowest BCUT2D eigenvalue weighted by atomic mass is 9.83. The summed E-state index contributed by atoms with van der Waals surface area (Å²) in [5.41, 5.74) is 2.06. The number of hydrogen-bond acceptors (Lipinski definition) is 3. The highest BCUT2D eigenvalue weighted by Gasteiger charge is 2.42. The van der Waals surface area contributed by atoms with E-state index in [0.29, 0.717) is 5.92 Å². The standard InChI is InChI=1S/C28H51N3.2C2H6.3C2H4/c1-11-14-17-22(4)24(6)31(21-16-13-3)26(8)30-28(10,23(5)18-15-12-2)25(7)29-27(9)19-20-27;5*1-2/h15,18,22-23,29-30H,6-8,11-14,16-17,19-21H2,1-5,9-10H3;2*1-2H3;3*1-2H2/b18-15-;;;;;. The van der Waals surface area contributed by atoms with Gasteiger partial charge in [0.25, 0.3) is 0 Å².